The van der Waals surface area contributed by atoms with Gasteiger partial charge in [-0.1, -0.05) is 0 Å². The number of ether oxygens (including phenoxy) is 8. The van der Waals surface area contributed by atoms with Gasteiger partial charge in [-0.3, -0.25) is 0 Å². The van der Waals surface area contributed by atoms with E-state index in [0.29, 0.717) is 106 Å². The quantitative estimate of drug-likeness (QED) is 0.283. The van der Waals surface area contributed by atoms with E-state index in [0.717, 1.165) is 60.1 Å². The second-order valence-electron chi connectivity index (χ2n) is 12.9. The lowest BCUT2D eigenvalue weighted by Crippen LogP contribution is -2.32. The van der Waals surface area contributed by atoms with Gasteiger partial charge in [0.1, 0.15) is 0 Å². The minimum atomic E-state index is 0.575. The Labute approximate surface area is 319 Å². The van der Waals surface area contributed by atoms with Crippen LogP contribution in [0, 0.1) is 0 Å². The highest BCUT2D eigenvalue weighted by Gasteiger charge is 2.14. The molecule has 0 radical (unpaired) electrons. The number of pyridine rings is 2. The van der Waals surface area contributed by atoms with Gasteiger partial charge in [0, 0.05) is 86.1 Å². The van der Waals surface area contributed by atoms with Crippen molar-refractivity contribution in [3.8, 4) is 22.5 Å². The summed E-state index contributed by atoms with van der Waals surface area (Å²) in [5, 5.41) is 0. The average Bonchev–Trinajstić information content (AvgIpc) is 3.24. The molecule has 0 aliphatic carbocycles. The number of hydrogen-bond donors (Lipinski definition) is 0. The predicted molar refractivity (Wildman–Crippen MR) is 206 cm³/mol. The van der Waals surface area contributed by atoms with E-state index in [1.54, 1.807) is 0 Å². The lowest BCUT2D eigenvalue weighted by molar-refractivity contribution is -0.596. The Hall–Kier alpha value is -3.98. The lowest BCUT2D eigenvalue weighted by atomic mass is 10.1. The maximum atomic E-state index is 5.81. The normalized spacial score (nSPS) is 18.8. The molecular weight excluding hydrogens is 688 g/mol. The van der Waals surface area contributed by atoms with E-state index in [-0.39, 0.29) is 0 Å². The highest BCUT2D eigenvalue weighted by atomic mass is 16.6. The van der Waals surface area contributed by atoms with E-state index in [1.807, 2.05) is 0 Å². The number of nitrogens with zero attached hydrogens (tertiary/aromatic N) is 4. The average molecular weight is 745 g/mol. The van der Waals surface area contributed by atoms with Crippen molar-refractivity contribution < 1.29 is 47.0 Å². The molecular formula is C42H56N4O8+2. The molecule has 2 aromatic heterocycles. The Morgan fingerprint density at radius 2 is 0.537 bits per heavy atom. The summed E-state index contributed by atoms with van der Waals surface area (Å²) in [4.78, 5) is 4.60. The highest BCUT2D eigenvalue weighted by Crippen LogP contribution is 2.20. The number of rotatable bonds is 5. The lowest BCUT2D eigenvalue weighted by Gasteiger charge is -2.24. The van der Waals surface area contributed by atoms with E-state index in [9.17, 15) is 0 Å². The first-order chi connectivity index (χ1) is 26.8. The molecule has 2 aliphatic rings. The smallest absolute Gasteiger partial charge is 0.210 e. The highest BCUT2D eigenvalue weighted by molar-refractivity contribution is 5.61. The summed E-state index contributed by atoms with van der Waals surface area (Å²) >= 11 is 0. The number of aromatic nitrogens is 2. The Balaban J connectivity index is 1.03. The van der Waals surface area contributed by atoms with Crippen LogP contribution >= 0.6 is 0 Å². The summed E-state index contributed by atoms with van der Waals surface area (Å²) in [6, 6.07) is 25.9. The molecule has 0 amide bonds. The largest absolute Gasteiger partial charge is 0.377 e. The van der Waals surface area contributed by atoms with Crippen LogP contribution in [-0.4, -0.2) is 132 Å². The van der Waals surface area contributed by atoms with Gasteiger partial charge in [-0.25, -0.2) is 0 Å². The minimum absolute atomic E-state index is 0.575. The van der Waals surface area contributed by atoms with E-state index in [4.69, 9.17) is 37.9 Å². The topological polar surface area (TPSA) is 88.1 Å². The number of benzene rings is 2. The van der Waals surface area contributed by atoms with Crippen molar-refractivity contribution in [1.82, 2.24) is 0 Å². The van der Waals surface area contributed by atoms with Gasteiger partial charge in [-0.05, 0) is 35.4 Å². The van der Waals surface area contributed by atoms with Crippen molar-refractivity contribution in [2.24, 2.45) is 0 Å². The zero-order chi connectivity index (χ0) is 36.9. The second kappa shape index (κ2) is 23.1. The Kier molecular flexibility index (Phi) is 17.0. The van der Waals surface area contributed by atoms with E-state index < -0.39 is 0 Å². The zero-order valence-electron chi connectivity index (χ0n) is 31.4. The molecule has 0 saturated carbocycles. The fourth-order valence-electron chi connectivity index (χ4n) is 6.22. The van der Waals surface area contributed by atoms with Crippen LogP contribution in [0.15, 0.2) is 97.6 Å². The summed E-state index contributed by atoms with van der Waals surface area (Å²) in [6.45, 7) is 12.5. The SMILES string of the molecule is c1c[n+](-c2ccc(N3CCOCCOCCOCCOCC3)cc2)ccc1-c1cc[n+](-c2ccc(N3CCOCCOCCOCCOCC3)cc2)cc1. The van der Waals surface area contributed by atoms with Crippen LogP contribution in [0.5, 0.6) is 0 Å². The summed E-state index contributed by atoms with van der Waals surface area (Å²) in [7, 11) is 0. The molecule has 2 saturated heterocycles. The van der Waals surface area contributed by atoms with Crippen LogP contribution < -0.4 is 18.9 Å². The van der Waals surface area contributed by atoms with Gasteiger partial charge in [-0.15, -0.1) is 0 Å². The van der Waals surface area contributed by atoms with Crippen LogP contribution in [0.1, 0.15) is 0 Å². The monoisotopic (exact) mass is 744 g/mol. The molecule has 0 unspecified atom stereocenters. The third-order valence-corrected chi connectivity index (χ3v) is 9.27. The van der Waals surface area contributed by atoms with Crippen molar-refractivity contribution in [3.63, 3.8) is 0 Å². The van der Waals surface area contributed by atoms with Crippen LogP contribution in [0.2, 0.25) is 0 Å². The maximum absolute atomic E-state index is 5.81. The van der Waals surface area contributed by atoms with Gasteiger partial charge < -0.3 is 47.7 Å². The van der Waals surface area contributed by atoms with Crippen LogP contribution in [-0.2, 0) is 37.9 Å². The Bertz CT molecular complexity index is 1440. The number of hydrogen-bond acceptors (Lipinski definition) is 10. The van der Waals surface area contributed by atoms with E-state index in [2.05, 4.69) is 117 Å². The van der Waals surface area contributed by atoms with E-state index >= 15 is 0 Å². The third-order valence-electron chi connectivity index (χ3n) is 9.27. The standard InChI is InChI=1S/C42H56N4O8/c1-5-41(45-17-21-47-25-29-51-33-34-52-30-26-48-22-18-45)6-2-39(1)43-13-9-37(10-14-43)38-11-15-44(16-12-38)40-3-7-42(8-4-40)46-19-23-49-27-31-53-35-36-54-32-28-50-24-20-46/h1-16H,17-36H2/q+2. The summed E-state index contributed by atoms with van der Waals surface area (Å²) in [6.07, 6.45) is 8.44. The van der Waals surface area contributed by atoms with Crippen LogP contribution in [0.25, 0.3) is 22.5 Å². The zero-order valence-corrected chi connectivity index (χ0v) is 31.4. The molecule has 0 bridgehead atoms. The molecule has 12 nitrogen and oxygen atoms in total. The van der Waals surface area contributed by atoms with Gasteiger partial charge >= 0.3 is 0 Å². The van der Waals surface area contributed by atoms with Gasteiger partial charge in [-0.2, -0.15) is 9.13 Å². The predicted octanol–water partition coefficient (Wildman–Crippen LogP) is 3.68. The van der Waals surface area contributed by atoms with Gasteiger partial charge in [0.2, 0.25) is 11.4 Å². The summed E-state index contributed by atoms with van der Waals surface area (Å²) < 4.78 is 49.7. The molecule has 6 rings (SSSR count). The Morgan fingerprint density at radius 3 is 0.796 bits per heavy atom. The maximum Gasteiger partial charge on any atom is 0.210 e. The molecule has 0 spiro atoms. The van der Waals surface area contributed by atoms with Crippen molar-refractivity contribution in [2.45, 2.75) is 0 Å². The summed E-state index contributed by atoms with van der Waals surface area (Å²) in [5.74, 6) is 0. The van der Waals surface area contributed by atoms with E-state index in [1.165, 1.54) is 0 Å². The molecule has 2 aromatic carbocycles. The van der Waals surface area contributed by atoms with Gasteiger partial charge in [0.15, 0.2) is 24.8 Å². The molecule has 290 valence electrons. The van der Waals surface area contributed by atoms with Crippen molar-refractivity contribution in [1.29, 1.82) is 0 Å². The molecule has 54 heavy (non-hydrogen) atoms. The van der Waals surface area contributed by atoms with Crippen molar-refractivity contribution in [2.75, 3.05) is 142 Å². The fourth-order valence-corrected chi connectivity index (χ4v) is 6.22. The van der Waals surface area contributed by atoms with Crippen molar-refractivity contribution >= 4 is 11.4 Å². The second-order valence-corrected chi connectivity index (χ2v) is 12.9. The van der Waals surface area contributed by atoms with Crippen LogP contribution in [0.4, 0.5) is 11.4 Å². The first kappa shape index (κ1) is 39.7. The minimum Gasteiger partial charge on any atom is -0.377 e. The van der Waals surface area contributed by atoms with Crippen molar-refractivity contribution in [3.05, 3.63) is 97.6 Å². The first-order valence-electron chi connectivity index (χ1n) is 19.2. The Morgan fingerprint density at radius 1 is 0.296 bits per heavy atom. The molecule has 12 heteroatoms. The van der Waals surface area contributed by atoms with Crippen LogP contribution in [0.3, 0.4) is 0 Å². The van der Waals surface area contributed by atoms with Gasteiger partial charge in [0.05, 0.1) is 106 Å². The first-order valence-corrected chi connectivity index (χ1v) is 19.2. The molecule has 0 atom stereocenters. The summed E-state index contributed by atoms with van der Waals surface area (Å²) in [5.41, 5.74) is 6.78. The third kappa shape index (κ3) is 13.1. The molecule has 0 N–H and O–H groups in total. The fraction of sp³-hybridized carbons (Fsp3) is 0.476. The number of anilines is 2. The molecule has 2 aliphatic heterocycles. The molecule has 2 fully saturated rings. The molecule has 4 aromatic rings. The molecule has 4 heterocycles. The van der Waals surface area contributed by atoms with Gasteiger partial charge in [0.25, 0.3) is 0 Å².